The predicted octanol–water partition coefficient (Wildman–Crippen LogP) is 0.348. The Bertz CT molecular complexity index is 982. The number of aromatic nitrogens is 8. The van der Waals surface area contributed by atoms with Crippen molar-refractivity contribution in [1.82, 2.24) is 39.6 Å². The van der Waals surface area contributed by atoms with Gasteiger partial charge in [0.15, 0.2) is 17.1 Å². The van der Waals surface area contributed by atoms with Crippen molar-refractivity contribution in [2.75, 3.05) is 0 Å². The minimum atomic E-state index is -0.478. The Kier molecular flexibility index (Phi) is 2.58. The molecule has 4 aromatic rings. The summed E-state index contributed by atoms with van der Waals surface area (Å²) in [5.74, 6) is 0.605. The molecule has 0 aliphatic carbocycles. The van der Waals surface area contributed by atoms with Crippen molar-refractivity contribution in [1.29, 1.82) is 0 Å². The molecule has 0 atom stereocenters. The lowest BCUT2D eigenvalue weighted by atomic mass is 10.4. The molecule has 1 N–H and O–H groups in total. The van der Waals surface area contributed by atoms with Gasteiger partial charge in [-0.25, -0.2) is 14.5 Å². The summed E-state index contributed by atoms with van der Waals surface area (Å²) in [6, 6.07) is 0. The van der Waals surface area contributed by atoms with Crippen LogP contribution in [0.25, 0.3) is 16.7 Å². The highest BCUT2D eigenvalue weighted by molar-refractivity contribution is 5.87. The highest BCUT2D eigenvalue weighted by Gasteiger charge is 2.11. The second-order valence-corrected chi connectivity index (χ2v) is 4.64. The molecule has 4 rings (SSSR count). The van der Waals surface area contributed by atoms with Gasteiger partial charge in [-0.05, 0) is 0 Å². The number of nitrogens with one attached hydrogen (secondary N) is 1. The lowest BCUT2D eigenvalue weighted by Gasteiger charge is -1.95. The minimum absolute atomic E-state index is 0.0349. The van der Waals surface area contributed by atoms with Gasteiger partial charge < -0.3 is 0 Å². The van der Waals surface area contributed by atoms with Gasteiger partial charge in [-0.15, -0.1) is 5.10 Å². The Balaban J connectivity index is 1.59. The van der Waals surface area contributed by atoms with Crippen LogP contribution in [-0.4, -0.2) is 44.5 Å². The summed E-state index contributed by atoms with van der Waals surface area (Å²) in [6.07, 6.45) is 6.31. The van der Waals surface area contributed by atoms with Crippen molar-refractivity contribution in [3.63, 3.8) is 0 Å². The van der Waals surface area contributed by atoms with Crippen LogP contribution < -0.4 is 0 Å². The third-order valence-electron chi connectivity index (χ3n) is 3.23. The molecule has 110 valence electrons. The van der Waals surface area contributed by atoms with E-state index in [1.54, 1.807) is 17.0 Å². The number of hydrogen-bond donors (Lipinski definition) is 1. The van der Waals surface area contributed by atoms with Gasteiger partial charge in [0.2, 0.25) is 0 Å². The Hall–Kier alpha value is -3.37. The van der Waals surface area contributed by atoms with Crippen LogP contribution in [0.1, 0.15) is 5.82 Å². The second kappa shape index (κ2) is 4.58. The molecule has 0 radical (unpaired) electrons. The molecule has 0 bridgehead atoms. The zero-order valence-electron chi connectivity index (χ0n) is 11.1. The molecular formula is C11H9N9O2. The van der Waals surface area contributed by atoms with Crippen molar-refractivity contribution >= 4 is 22.4 Å². The third kappa shape index (κ3) is 1.95. The average Bonchev–Trinajstić information content (AvgIpc) is 3.22. The molecule has 0 saturated carbocycles. The number of aromatic amines is 1. The average molecular weight is 299 g/mol. The van der Waals surface area contributed by atoms with Crippen molar-refractivity contribution < 1.29 is 4.92 Å². The van der Waals surface area contributed by atoms with Gasteiger partial charge >= 0.3 is 5.69 Å². The first-order chi connectivity index (χ1) is 10.7. The molecule has 11 heteroatoms. The summed E-state index contributed by atoms with van der Waals surface area (Å²) < 4.78 is 3.08. The summed E-state index contributed by atoms with van der Waals surface area (Å²) in [5, 5.41) is 26.4. The fraction of sp³-hybridized carbons (Fsp3) is 0.182. The molecular weight excluding hydrogens is 290 g/mol. The summed E-state index contributed by atoms with van der Waals surface area (Å²) in [5.41, 5.74) is 1.28. The van der Waals surface area contributed by atoms with Crippen LogP contribution in [0.5, 0.6) is 0 Å². The molecule has 0 aromatic carbocycles. The first kappa shape index (κ1) is 12.4. The van der Waals surface area contributed by atoms with E-state index in [9.17, 15) is 10.1 Å². The zero-order chi connectivity index (χ0) is 15.1. The number of aryl methyl sites for hydroxylation is 2. The lowest BCUT2D eigenvalue weighted by Crippen LogP contribution is -2.03. The maximum absolute atomic E-state index is 10.6. The molecule has 4 heterocycles. The van der Waals surface area contributed by atoms with Crippen LogP contribution in [0, 0.1) is 10.1 Å². The van der Waals surface area contributed by atoms with Crippen molar-refractivity contribution in [3.8, 4) is 0 Å². The van der Waals surface area contributed by atoms with Gasteiger partial charge in [-0.2, -0.15) is 10.2 Å². The first-order valence-corrected chi connectivity index (χ1v) is 6.41. The van der Waals surface area contributed by atoms with E-state index in [-0.39, 0.29) is 5.69 Å². The van der Waals surface area contributed by atoms with Crippen LogP contribution in [0.2, 0.25) is 0 Å². The fourth-order valence-electron chi connectivity index (χ4n) is 2.18. The largest absolute Gasteiger partial charge is 0.306 e. The van der Waals surface area contributed by atoms with Crippen molar-refractivity contribution in [2.24, 2.45) is 0 Å². The molecule has 22 heavy (non-hydrogen) atoms. The summed E-state index contributed by atoms with van der Waals surface area (Å²) in [4.78, 5) is 18.8. The van der Waals surface area contributed by atoms with E-state index in [2.05, 4.69) is 30.4 Å². The van der Waals surface area contributed by atoms with Crippen LogP contribution in [0.3, 0.4) is 0 Å². The number of nitro groups is 1. The van der Waals surface area contributed by atoms with E-state index in [1.807, 2.05) is 0 Å². The minimum Gasteiger partial charge on any atom is -0.265 e. The smallest absolute Gasteiger partial charge is 0.265 e. The quantitative estimate of drug-likeness (QED) is 0.424. The number of fused-ring (bicyclic) bond motifs is 3. The molecule has 0 fully saturated rings. The summed E-state index contributed by atoms with van der Waals surface area (Å²) in [7, 11) is 0. The Morgan fingerprint density at radius 1 is 1.36 bits per heavy atom. The Morgan fingerprint density at radius 3 is 3.09 bits per heavy atom. The number of nitrogens with zero attached hydrogens (tertiary/aromatic N) is 8. The molecule has 11 nitrogen and oxygen atoms in total. The van der Waals surface area contributed by atoms with Crippen LogP contribution in [0.15, 0.2) is 24.9 Å². The highest BCUT2D eigenvalue weighted by Crippen LogP contribution is 2.14. The SMILES string of the molecule is O=[N+]([O-])c1cnn(CCc2nc3c4cn[nH]c4ncn3n2)c1. The first-order valence-electron chi connectivity index (χ1n) is 6.41. The zero-order valence-corrected chi connectivity index (χ0v) is 11.1. The Labute approximate surface area is 121 Å². The molecule has 0 saturated heterocycles. The maximum Gasteiger partial charge on any atom is 0.306 e. The van der Waals surface area contributed by atoms with E-state index in [1.165, 1.54) is 17.1 Å². The monoisotopic (exact) mass is 299 g/mol. The normalized spacial score (nSPS) is 11.5. The van der Waals surface area contributed by atoms with Gasteiger partial charge in [0.1, 0.15) is 18.7 Å². The van der Waals surface area contributed by atoms with E-state index >= 15 is 0 Å². The Morgan fingerprint density at radius 2 is 2.27 bits per heavy atom. The molecule has 0 spiro atoms. The van der Waals surface area contributed by atoms with Crippen molar-refractivity contribution in [2.45, 2.75) is 13.0 Å². The van der Waals surface area contributed by atoms with Gasteiger partial charge in [-0.3, -0.25) is 19.9 Å². The van der Waals surface area contributed by atoms with E-state index in [0.717, 1.165) is 5.39 Å². The van der Waals surface area contributed by atoms with Crippen LogP contribution in [0.4, 0.5) is 5.69 Å². The predicted molar refractivity (Wildman–Crippen MR) is 73.0 cm³/mol. The standard InChI is InChI=1S/C11H9N9O2/c21-20(22)7-3-14-18(5-7)2-1-9-15-11-8-4-13-16-10(8)12-6-19(11)17-9/h3-6H,1-2H2,(H,13,16). The second-order valence-electron chi connectivity index (χ2n) is 4.64. The van der Waals surface area contributed by atoms with Crippen LogP contribution >= 0.6 is 0 Å². The summed E-state index contributed by atoms with van der Waals surface area (Å²) in [6.45, 7) is 0.451. The molecule has 0 unspecified atom stereocenters. The molecule has 0 aliphatic heterocycles. The maximum atomic E-state index is 10.6. The number of rotatable bonds is 4. The molecule has 4 aromatic heterocycles. The number of H-pyrrole nitrogens is 1. The van der Waals surface area contributed by atoms with Gasteiger partial charge in [0.05, 0.1) is 16.5 Å². The summed E-state index contributed by atoms with van der Waals surface area (Å²) >= 11 is 0. The van der Waals surface area contributed by atoms with Gasteiger partial charge in [0, 0.05) is 13.0 Å². The number of hydrogen-bond acceptors (Lipinski definition) is 7. The highest BCUT2D eigenvalue weighted by atomic mass is 16.6. The lowest BCUT2D eigenvalue weighted by molar-refractivity contribution is -0.385. The molecule has 0 amide bonds. The van der Waals surface area contributed by atoms with E-state index < -0.39 is 4.92 Å². The topological polar surface area (TPSA) is 133 Å². The van der Waals surface area contributed by atoms with Gasteiger partial charge in [-0.1, -0.05) is 0 Å². The van der Waals surface area contributed by atoms with E-state index in [0.29, 0.717) is 30.1 Å². The van der Waals surface area contributed by atoms with Crippen LogP contribution in [-0.2, 0) is 13.0 Å². The molecule has 0 aliphatic rings. The van der Waals surface area contributed by atoms with Gasteiger partial charge in [0.25, 0.3) is 0 Å². The van der Waals surface area contributed by atoms with Crippen molar-refractivity contribution in [3.05, 3.63) is 40.9 Å². The third-order valence-corrected chi connectivity index (χ3v) is 3.23. The van der Waals surface area contributed by atoms with E-state index in [4.69, 9.17) is 0 Å². The fourth-order valence-corrected chi connectivity index (χ4v) is 2.18.